The third-order valence-corrected chi connectivity index (χ3v) is 4.89. The number of nitrogens with one attached hydrogen (secondary N) is 1. The number of carbonyl (C=O) groups is 2. The Balaban J connectivity index is 1.71. The van der Waals surface area contributed by atoms with Gasteiger partial charge >= 0.3 is 12.0 Å². The van der Waals surface area contributed by atoms with Gasteiger partial charge in [0.15, 0.2) is 0 Å². The van der Waals surface area contributed by atoms with Crippen molar-refractivity contribution in [3.8, 4) is 11.8 Å². The standard InChI is InChI=1S/C22H23N3O5/c1-29-18-5-2-15(3-6-18)14-30-21(27)19-12-16(13-23)4-7-20(19)24-22(28)25-10-8-17(26)9-11-25/h2-7,12,17,26H,8-11,14H2,1H3,(H,24,28). The van der Waals surface area contributed by atoms with E-state index >= 15 is 0 Å². The number of carbonyl (C=O) groups excluding carboxylic acids is 2. The van der Waals surface area contributed by atoms with Crippen LogP contribution in [0.15, 0.2) is 42.5 Å². The topological polar surface area (TPSA) is 112 Å². The van der Waals surface area contributed by atoms with Crippen molar-refractivity contribution in [3.63, 3.8) is 0 Å². The van der Waals surface area contributed by atoms with Gasteiger partial charge in [-0.1, -0.05) is 12.1 Å². The fraction of sp³-hybridized carbons (Fsp3) is 0.318. The molecule has 0 aliphatic carbocycles. The SMILES string of the molecule is COc1ccc(COC(=O)c2cc(C#N)ccc2NC(=O)N2CCC(O)CC2)cc1. The largest absolute Gasteiger partial charge is 0.497 e. The number of nitriles is 1. The number of likely N-dealkylation sites (tertiary alicyclic amines) is 1. The number of benzene rings is 2. The molecule has 0 aromatic heterocycles. The summed E-state index contributed by atoms with van der Waals surface area (Å²) in [6, 6.07) is 13.1. The summed E-state index contributed by atoms with van der Waals surface area (Å²) in [5.74, 6) is 0.0503. The fourth-order valence-electron chi connectivity index (χ4n) is 3.10. The first kappa shape index (κ1) is 21.1. The van der Waals surface area contributed by atoms with E-state index in [1.165, 1.54) is 18.2 Å². The third-order valence-electron chi connectivity index (χ3n) is 4.89. The quantitative estimate of drug-likeness (QED) is 0.735. The van der Waals surface area contributed by atoms with Crippen LogP contribution in [0.25, 0.3) is 0 Å². The number of urea groups is 1. The van der Waals surface area contributed by atoms with E-state index in [-0.39, 0.29) is 29.5 Å². The summed E-state index contributed by atoms with van der Waals surface area (Å²) in [4.78, 5) is 26.8. The average Bonchev–Trinajstić information content (AvgIpc) is 2.78. The number of hydrogen-bond donors (Lipinski definition) is 2. The Morgan fingerprint density at radius 2 is 1.90 bits per heavy atom. The lowest BCUT2D eigenvalue weighted by atomic mass is 10.1. The lowest BCUT2D eigenvalue weighted by Gasteiger charge is -2.29. The van der Waals surface area contributed by atoms with Crippen LogP contribution in [-0.2, 0) is 11.3 Å². The molecule has 2 amide bonds. The maximum Gasteiger partial charge on any atom is 0.340 e. The average molecular weight is 409 g/mol. The molecule has 1 aliphatic heterocycles. The first-order valence-corrected chi connectivity index (χ1v) is 9.58. The number of aliphatic hydroxyl groups excluding tert-OH is 1. The number of nitrogens with zero attached hydrogens (tertiary/aromatic N) is 2. The first-order chi connectivity index (χ1) is 14.5. The molecule has 8 heteroatoms. The lowest BCUT2D eigenvalue weighted by Crippen LogP contribution is -2.42. The second-order valence-corrected chi connectivity index (χ2v) is 6.94. The Morgan fingerprint density at radius 1 is 1.20 bits per heavy atom. The predicted octanol–water partition coefficient (Wildman–Crippen LogP) is 2.91. The number of anilines is 1. The summed E-state index contributed by atoms with van der Waals surface area (Å²) >= 11 is 0. The Kier molecular flexibility index (Phi) is 6.88. The second-order valence-electron chi connectivity index (χ2n) is 6.94. The zero-order chi connectivity index (χ0) is 21.5. The molecule has 0 spiro atoms. The minimum atomic E-state index is -0.646. The van der Waals surface area contributed by atoms with Crippen molar-refractivity contribution in [2.45, 2.75) is 25.6 Å². The molecule has 0 bridgehead atoms. The van der Waals surface area contributed by atoms with Crippen LogP contribution >= 0.6 is 0 Å². The monoisotopic (exact) mass is 409 g/mol. The summed E-state index contributed by atoms with van der Waals surface area (Å²) < 4.78 is 10.5. The van der Waals surface area contributed by atoms with Gasteiger partial charge in [-0.15, -0.1) is 0 Å². The first-order valence-electron chi connectivity index (χ1n) is 9.58. The number of ether oxygens (including phenoxy) is 2. The van der Waals surface area contributed by atoms with Crippen LogP contribution in [-0.4, -0.2) is 48.3 Å². The highest BCUT2D eigenvalue weighted by molar-refractivity contribution is 6.01. The molecule has 30 heavy (non-hydrogen) atoms. The molecule has 1 fully saturated rings. The number of piperidine rings is 1. The van der Waals surface area contributed by atoms with Gasteiger partial charge in [0, 0.05) is 13.1 Å². The summed E-state index contributed by atoms with van der Waals surface area (Å²) in [6.07, 6.45) is 0.627. The van der Waals surface area contributed by atoms with E-state index in [1.807, 2.05) is 6.07 Å². The van der Waals surface area contributed by atoms with Crippen LogP contribution in [0.1, 0.15) is 34.3 Å². The maximum absolute atomic E-state index is 12.7. The van der Waals surface area contributed by atoms with Gasteiger partial charge in [-0.25, -0.2) is 9.59 Å². The molecular weight excluding hydrogens is 386 g/mol. The highest BCUT2D eigenvalue weighted by atomic mass is 16.5. The van der Waals surface area contributed by atoms with Crippen LogP contribution in [0.2, 0.25) is 0 Å². The van der Waals surface area contributed by atoms with Crippen molar-refractivity contribution in [2.24, 2.45) is 0 Å². The van der Waals surface area contributed by atoms with Gasteiger partial charge in [0.1, 0.15) is 12.4 Å². The Labute approximate surface area is 174 Å². The molecule has 2 aromatic carbocycles. The summed E-state index contributed by atoms with van der Waals surface area (Å²) in [5.41, 5.74) is 1.43. The molecule has 2 aromatic rings. The van der Waals surface area contributed by atoms with E-state index in [2.05, 4.69) is 5.32 Å². The molecule has 1 saturated heterocycles. The zero-order valence-electron chi connectivity index (χ0n) is 16.6. The zero-order valence-corrected chi connectivity index (χ0v) is 16.6. The normalized spacial score (nSPS) is 14.0. The number of hydrogen-bond acceptors (Lipinski definition) is 6. The molecule has 156 valence electrons. The van der Waals surface area contributed by atoms with Gasteiger partial charge in [-0.2, -0.15) is 5.26 Å². The molecule has 0 radical (unpaired) electrons. The van der Waals surface area contributed by atoms with E-state index in [0.29, 0.717) is 31.7 Å². The maximum atomic E-state index is 12.7. The lowest BCUT2D eigenvalue weighted by molar-refractivity contribution is 0.0474. The molecule has 1 heterocycles. The highest BCUT2D eigenvalue weighted by Gasteiger charge is 2.23. The summed E-state index contributed by atoms with van der Waals surface area (Å²) in [7, 11) is 1.57. The van der Waals surface area contributed by atoms with E-state index in [9.17, 15) is 14.7 Å². The van der Waals surface area contributed by atoms with Crippen LogP contribution in [0.3, 0.4) is 0 Å². The highest BCUT2D eigenvalue weighted by Crippen LogP contribution is 2.21. The minimum absolute atomic E-state index is 0.0387. The Morgan fingerprint density at radius 3 is 2.53 bits per heavy atom. The molecule has 0 unspecified atom stereocenters. The van der Waals surface area contributed by atoms with Crippen molar-refractivity contribution < 1.29 is 24.2 Å². The van der Waals surface area contributed by atoms with E-state index < -0.39 is 12.1 Å². The fourth-order valence-corrected chi connectivity index (χ4v) is 3.10. The van der Waals surface area contributed by atoms with Crippen molar-refractivity contribution in [3.05, 3.63) is 59.2 Å². The number of aliphatic hydroxyl groups is 1. The van der Waals surface area contributed by atoms with Crippen molar-refractivity contribution in [1.82, 2.24) is 4.90 Å². The van der Waals surface area contributed by atoms with Gasteiger partial charge in [-0.3, -0.25) is 0 Å². The van der Waals surface area contributed by atoms with Gasteiger partial charge in [0.2, 0.25) is 0 Å². The number of amides is 2. The predicted molar refractivity (Wildman–Crippen MR) is 109 cm³/mol. The molecule has 8 nitrogen and oxygen atoms in total. The molecule has 0 saturated carbocycles. The third kappa shape index (κ3) is 5.27. The van der Waals surface area contributed by atoms with E-state index in [1.54, 1.807) is 36.3 Å². The summed E-state index contributed by atoms with van der Waals surface area (Å²) in [6.45, 7) is 0.901. The molecule has 0 atom stereocenters. The Bertz CT molecular complexity index is 944. The van der Waals surface area contributed by atoms with Crippen LogP contribution in [0, 0.1) is 11.3 Å². The molecule has 3 rings (SSSR count). The van der Waals surface area contributed by atoms with Crippen LogP contribution in [0.4, 0.5) is 10.5 Å². The van der Waals surface area contributed by atoms with Crippen molar-refractivity contribution in [2.75, 3.05) is 25.5 Å². The molecule has 1 aliphatic rings. The minimum Gasteiger partial charge on any atom is -0.497 e. The van der Waals surface area contributed by atoms with E-state index in [4.69, 9.17) is 14.7 Å². The Hall–Kier alpha value is -3.57. The molecule has 2 N–H and O–H groups in total. The second kappa shape index (κ2) is 9.76. The van der Waals surface area contributed by atoms with Gasteiger partial charge < -0.3 is 24.8 Å². The van der Waals surface area contributed by atoms with Gasteiger partial charge in [0.05, 0.1) is 36.1 Å². The van der Waals surface area contributed by atoms with Crippen LogP contribution < -0.4 is 10.1 Å². The number of esters is 1. The number of methoxy groups -OCH3 is 1. The van der Waals surface area contributed by atoms with Crippen LogP contribution in [0.5, 0.6) is 5.75 Å². The van der Waals surface area contributed by atoms with Gasteiger partial charge in [0.25, 0.3) is 0 Å². The smallest absolute Gasteiger partial charge is 0.340 e. The summed E-state index contributed by atoms with van der Waals surface area (Å²) in [5, 5.41) is 21.5. The number of rotatable bonds is 5. The van der Waals surface area contributed by atoms with Crippen molar-refractivity contribution >= 4 is 17.7 Å². The van der Waals surface area contributed by atoms with Gasteiger partial charge in [-0.05, 0) is 48.7 Å². The molecular formula is C22H23N3O5. The van der Waals surface area contributed by atoms with E-state index in [0.717, 1.165) is 5.56 Å². The van der Waals surface area contributed by atoms with Crippen molar-refractivity contribution in [1.29, 1.82) is 5.26 Å².